The molecule has 0 unspecified atom stereocenters. The van der Waals surface area contributed by atoms with E-state index in [1.807, 2.05) is 0 Å². The summed E-state index contributed by atoms with van der Waals surface area (Å²) in [7, 11) is -0.938. The van der Waals surface area contributed by atoms with Crippen molar-refractivity contribution in [3.8, 4) is 0 Å². The Balaban J connectivity index is 3.26. The van der Waals surface area contributed by atoms with Gasteiger partial charge < -0.3 is 0 Å². The molecule has 0 aliphatic rings. The van der Waals surface area contributed by atoms with E-state index in [-0.39, 0.29) is 0 Å². The maximum Gasteiger partial charge on any atom is 0.0517 e. The van der Waals surface area contributed by atoms with Crippen molar-refractivity contribution in [3.05, 3.63) is 18.2 Å². The van der Waals surface area contributed by atoms with Crippen LogP contribution in [0.5, 0.6) is 0 Å². The van der Waals surface area contributed by atoms with E-state index < -0.39 is 8.07 Å². The van der Waals surface area contributed by atoms with Crippen molar-refractivity contribution < 1.29 is 0 Å². The summed E-state index contributed by atoms with van der Waals surface area (Å²) in [5.41, 5.74) is 0. The first-order valence-electron chi connectivity index (χ1n) is 5.07. The van der Waals surface area contributed by atoms with E-state index in [2.05, 4.69) is 44.8 Å². The zero-order valence-corrected chi connectivity index (χ0v) is 10.1. The molecule has 1 heteroatoms. The third kappa shape index (κ3) is 9.96. The molecule has 0 heterocycles. The van der Waals surface area contributed by atoms with Gasteiger partial charge >= 0.3 is 0 Å². The summed E-state index contributed by atoms with van der Waals surface area (Å²) in [6, 6.07) is 2.40. The molecule has 0 aliphatic heterocycles. The summed E-state index contributed by atoms with van der Waals surface area (Å²) < 4.78 is 0. The molecule has 12 heavy (non-hydrogen) atoms. The summed E-state index contributed by atoms with van der Waals surface area (Å²) in [5.74, 6) is 0. The third-order valence-corrected chi connectivity index (χ3v) is 2.90. The molecule has 0 aromatic carbocycles. The molecule has 0 atom stereocenters. The van der Waals surface area contributed by atoms with Crippen LogP contribution in [0.2, 0.25) is 19.6 Å². The highest BCUT2D eigenvalue weighted by molar-refractivity contribution is 6.80. The molecule has 0 aromatic rings. The minimum Gasteiger partial charge on any atom is -0.0885 e. The van der Waals surface area contributed by atoms with Gasteiger partial charge in [0.05, 0.1) is 8.07 Å². The molecule has 0 amide bonds. The number of hydrogen-bond donors (Lipinski definition) is 0. The smallest absolute Gasteiger partial charge is 0.0517 e. The third-order valence-electron chi connectivity index (χ3n) is 1.71. The molecule has 0 saturated heterocycles. The second-order valence-electron chi connectivity index (χ2n) is 4.46. The van der Waals surface area contributed by atoms with E-state index in [1.54, 1.807) is 0 Å². The van der Waals surface area contributed by atoms with Crippen LogP contribution >= 0.6 is 0 Å². The van der Waals surface area contributed by atoms with Gasteiger partial charge in [0, 0.05) is 0 Å². The van der Waals surface area contributed by atoms with Crippen molar-refractivity contribution >= 4 is 8.07 Å². The highest BCUT2D eigenvalue weighted by Gasteiger charge is 2.09. The topological polar surface area (TPSA) is 0 Å². The SMILES string of the molecule is CCCCC/C=C/[CH][Si](C)(C)C. The maximum atomic E-state index is 2.40. The van der Waals surface area contributed by atoms with Crippen molar-refractivity contribution in [1.82, 2.24) is 0 Å². The van der Waals surface area contributed by atoms with E-state index in [0.29, 0.717) is 0 Å². The summed E-state index contributed by atoms with van der Waals surface area (Å²) in [6.45, 7) is 9.34. The number of rotatable bonds is 6. The van der Waals surface area contributed by atoms with Gasteiger partial charge in [0.15, 0.2) is 0 Å². The Kier molecular flexibility index (Phi) is 6.45. The molecule has 0 aromatic heterocycles. The van der Waals surface area contributed by atoms with Gasteiger partial charge in [-0.2, -0.15) is 0 Å². The lowest BCUT2D eigenvalue weighted by molar-refractivity contribution is 0.729. The van der Waals surface area contributed by atoms with E-state index >= 15 is 0 Å². The van der Waals surface area contributed by atoms with Gasteiger partial charge in [-0.05, 0) is 18.9 Å². The van der Waals surface area contributed by atoms with Crippen LogP contribution in [-0.4, -0.2) is 8.07 Å². The van der Waals surface area contributed by atoms with Crippen molar-refractivity contribution in [3.63, 3.8) is 0 Å². The summed E-state index contributed by atoms with van der Waals surface area (Å²) >= 11 is 0. The minimum absolute atomic E-state index is 0.938. The first kappa shape index (κ1) is 12.0. The van der Waals surface area contributed by atoms with Gasteiger partial charge in [-0.15, -0.1) is 0 Å². The van der Waals surface area contributed by atoms with Crippen LogP contribution in [0, 0.1) is 6.04 Å². The fourth-order valence-electron chi connectivity index (χ4n) is 0.965. The Labute approximate surface area is 79.1 Å². The molecule has 1 radical (unpaired) electrons. The van der Waals surface area contributed by atoms with Crippen LogP contribution in [0.4, 0.5) is 0 Å². The van der Waals surface area contributed by atoms with Gasteiger partial charge in [0.2, 0.25) is 0 Å². The number of allylic oxidation sites excluding steroid dienone is 2. The van der Waals surface area contributed by atoms with Crippen LogP contribution in [0.15, 0.2) is 12.2 Å². The van der Waals surface area contributed by atoms with Crippen LogP contribution in [-0.2, 0) is 0 Å². The molecule has 0 spiro atoms. The molecule has 0 N–H and O–H groups in total. The quantitative estimate of drug-likeness (QED) is 0.427. The average molecular weight is 183 g/mol. The molecule has 0 fully saturated rings. The summed E-state index contributed by atoms with van der Waals surface area (Å²) in [6.07, 6.45) is 9.89. The molecule has 71 valence electrons. The number of unbranched alkanes of at least 4 members (excludes halogenated alkanes) is 3. The van der Waals surface area contributed by atoms with Crippen molar-refractivity contribution in [2.45, 2.75) is 52.2 Å². The van der Waals surface area contributed by atoms with E-state index in [1.165, 1.54) is 25.7 Å². The van der Waals surface area contributed by atoms with Gasteiger partial charge in [0.25, 0.3) is 0 Å². The lowest BCUT2D eigenvalue weighted by atomic mass is 10.2. The van der Waals surface area contributed by atoms with Gasteiger partial charge in [-0.3, -0.25) is 0 Å². The largest absolute Gasteiger partial charge is 0.0885 e. The molecule has 0 bridgehead atoms. The van der Waals surface area contributed by atoms with Crippen LogP contribution in [0.3, 0.4) is 0 Å². The lowest BCUT2D eigenvalue weighted by Crippen LogP contribution is -2.19. The van der Waals surface area contributed by atoms with Crippen molar-refractivity contribution in [2.75, 3.05) is 0 Å². The molecule has 0 nitrogen and oxygen atoms in total. The summed E-state index contributed by atoms with van der Waals surface area (Å²) in [5, 5.41) is 0. The molecule has 0 saturated carbocycles. The zero-order chi connectivity index (χ0) is 9.45. The fourth-order valence-corrected chi connectivity index (χ4v) is 1.68. The molecule has 0 aliphatic carbocycles. The van der Waals surface area contributed by atoms with Gasteiger partial charge in [-0.25, -0.2) is 0 Å². The highest BCUT2D eigenvalue weighted by atomic mass is 28.3. The van der Waals surface area contributed by atoms with Crippen LogP contribution in [0.25, 0.3) is 0 Å². The van der Waals surface area contributed by atoms with Gasteiger partial charge in [-0.1, -0.05) is 51.6 Å². The van der Waals surface area contributed by atoms with Crippen LogP contribution < -0.4 is 0 Å². The highest BCUT2D eigenvalue weighted by Crippen LogP contribution is 2.07. The number of hydrogen-bond acceptors (Lipinski definition) is 0. The van der Waals surface area contributed by atoms with E-state index in [0.717, 1.165) is 0 Å². The Morgan fingerprint density at radius 3 is 2.25 bits per heavy atom. The first-order chi connectivity index (χ1) is 5.56. The second kappa shape index (κ2) is 6.47. The summed E-state index contributed by atoms with van der Waals surface area (Å²) in [4.78, 5) is 0. The van der Waals surface area contributed by atoms with E-state index in [4.69, 9.17) is 0 Å². The van der Waals surface area contributed by atoms with Crippen molar-refractivity contribution in [2.24, 2.45) is 0 Å². The average Bonchev–Trinajstić information content (AvgIpc) is 1.94. The van der Waals surface area contributed by atoms with E-state index in [9.17, 15) is 0 Å². The predicted octanol–water partition coefficient (Wildman–Crippen LogP) is 4.20. The predicted molar refractivity (Wildman–Crippen MR) is 60.9 cm³/mol. The van der Waals surface area contributed by atoms with Gasteiger partial charge in [0.1, 0.15) is 0 Å². The lowest BCUT2D eigenvalue weighted by Gasteiger charge is -2.10. The molecular weight excluding hydrogens is 160 g/mol. The van der Waals surface area contributed by atoms with Crippen molar-refractivity contribution in [1.29, 1.82) is 0 Å². The minimum atomic E-state index is -0.938. The zero-order valence-electron chi connectivity index (χ0n) is 9.06. The normalized spacial score (nSPS) is 12.7. The maximum absolute atomic E-state index is 2.40. The Hall–Kier alpha value is -0.0431. The molecule has 0 rings (SSSR count). The first-order valence-corrected chi connectivity index (χ1v) is 8.65. The Morgan fingerprint density at radius 2 is 1.75 bits per heavy atom. The Bertz CT molecular complexity index is 119. The fraction of sp³-hybridized carbons (Fsp3) is 0.727. The second-order valence-corrected chi connectivity index (χ2v) is 9.52. The van der Waals surface area contributed by atoms with Crippen LogP contribution in [0.1, 0.15) is 32.6 Å². The standard InChI is InChI=1S/C11H23Si/c1-5-6-7-8-9-10-11-12(2,3)4/h9-11H,5-8H2,1-4H3/b10-9+. The Morgan fingerprint density at radius 1 is 1.08 bits per heavy atom. The molecular formula is C11H23Si. The monoisotopic (exact) mass is 183 g/mol.